The molecule has 0 heterocycles. The molecule has 11 nitrogen and oxygen atoms in total. The lowest BCUT2D eigenvalue weighted by Gasteiger charge is -2.25. The number of nitro benzene ring substituents is 1. The molecule has 152 valence electrons. The van der Waals surface area contributed by atoms with Crippen molar-refractivity contribution in [2.24, 2.45) is 0 Å². The minimum atomic E-state index is -1.55. The summed E-state index contributed by atoms with van der Waals surface area (Å²) in [6.07, 6.45) is -5.64. The molecule has 0 amide bonds. The lowest BCUT2D eigenvalue weighted by atomic mass is 10.0. The number of phenolic OH excluding ortho intramolecular Hbond substituents is 1. The molecule has 27 heavy (non-hydrogen) atoms. The summed E-state index contributed by atoms with van der Waals surface area (Å²) in [5, 5.41) is 76.2. The van der Waals surface area contributed by atoms with E-state index in [1.165, 1.54) is 6.07 Å². The number of likely N-dealkylation sites (N-methyl/N-ethyl adjacent to an activating group) is 1. The largest absolute Gasteiger partial charge is 0.501 e. The molecular weight excluding hydrogens is 477 g/mol. The Morgan fingerprint density at radius 3 is 2.26 bits per heavy atom. The average Bonchev–Trinajstić information content (AvgIpc) is 2.66. The Hall–Kier alpha value is -1.60. The van der Waals surface area contributed by atoms with Gasteiger partial charge in [0, 0.05) is 12.6 Å². The molecule has 1 rings (SSSR count). The van der Waals surface area contributed by atoms with E-state index in [4.69, 9.17) is 15.5 Å². The minimum absolute atomic E-state index is 0.118. The van der Waals surface area contributed by atoms with Crippen LogP contribution in [0.3, 0.4) is 0 Å². The predicted molar refractivity (Wildman–Crippen MR) is 102 cm³/mol. The van der Waals surface area contributed by atoms with Crippen LogP contribution < -0.4 is 5.32 Å². The molecule has 0 radical (unpaired) electrons. The first kappa shape index (κ1) is 25.4. The van der Waals surface area contributed by atoms with Gasteiger partial charge in [-0.05, 0) is 35.2 Å². The lowest BCUT2D eigenvalue weighted by molar-refractivity contribution is -0.386. The number of halogens is 1. The Kier molecular flexibility index (Phi) is 12.0. The minimum Gasteiger partial charge on any atom is -0.501 e. The molecule has 7 N–H and O–H groups in total. The SMILES string of the molecule is CCNC[C@H](O)[C@@H](O)[C@H](O)[C@H](O)CO.N#Cc1cc(I)c(O)c([N+](=O)[O-])c1. The third kappa shape index (κ3) is 8.30. The number of aliphatic hydroxyl groups is 5. The third-order valence-corrected chi connectivity index (χ3v) is 4.12. The summed E-state index contributed by atoms with van der Waals surface area (Å²) in [5.41, 5.74) is -0.280. The highest BCUT2D eigenvalue weighted by atomic mass is 127. The van der Waals surface area contributed by atoms with E-state index in [0.29, 0.717) is 10.1 Å². The van der Waals surface area contributed by atoms with Crippen LogP contribution in [-0.2, 0) is 0 Å². The van der Waals surface area contributed by atoms with E-state index in [2.05, 4.69) is 5.32 Å². The lowest BCUT2D eigenvalue weighted by Crippen LogP contribution is -2.49. The summed E-state index contributed by atoms with van der Waals surface area (Å²) >= 11 is 1.73. The molecule has 0 saturated carbocycles. The van der Waals surface area contributed by atoms with Gasteiger partial charge in [0.05, 0.1) is 32.8 Å². The maximum Gasteiger partial charge on any atom is 0.313 e. The Labute approximate surface area is 168 Å². The van der Waals surface area contributed by atoms with Gasteiger partial charge in [-0.15, -0.1) is 0 Å². The Morgan fingerprint density at radius 2 is 1.81 bits per heavy atom. The molecule has 0 aliphatic heterocycles. The molecule has 0 aromatic heterocycles. The van der Waals surface area contributed by atoms with E-state index in [9.17, 15) is 30.5 Å². The first-order chi connectivity index (χ1) is 12.6. The van der Waals surface area contributed by atoms with Crippen molar-refractivity contribution < 1.29 is 35.6 Å². The van der Waals surface area contributed by atoms with Crippen LogP contribution >= 0.6 is 22.6 Å². The van der Waals surface area contributed by atoms with E-state index >= 15 is 0 Å². The third-order valence-electron chi connectivity index (χ3n) is 3.30. The highest BCUT2D eigenvalue weighted by Gasteiger charge is 2.29. The van der Waals surface area contributed by atoms with Gasteiger partial charge in [0.1, 0.15) is 18.3 Å². The van der Waals surface area contributed by atoms with Crippen molar-refractivity contribution in [2.75, 3.05) is 19.7 Å². The Bertz CT molecular complexity index is 655. The quantitative estimate of drug-likeness (QED) is 0.130. The number of nitro groups is 1. The van der Waals surface area contributed by atoms with Crippen LogP contribution in [0.1, 0.15) is 12.5 Å². The topological polar surface area (TPSA) is 200 Å². The smallest absolute Gasteiger partial charge is 0.313 e. The summed E-state index contributed by atoms with van der Waals surface area (Å²) in [7, 11) is 0. The summed E-state index contributed by atoms with van der Waals surface area (Å²) in [5.74, 6) is -0.399. The van der Waals surface area contributed by atoms with Crippen molar-refractivity contribution in [3.63, 3.8) is 0 Å². The second-order valence-electron chi connectivity index (χ2n) is 5.30. The van der Waals surface area contributed by atoms with Gasteiger partial charge >= 0.3 is 5.69 Å². The zero-order chi connectivity index (χ0) is 21.1. The molecule has 1 aromatic rings. The highest BCUT2D eigenvalue weighted by molar-refractivity contribution is 14.1. The maximum absolute atomic E-state index is 10.4. The molecule has 0 aliphatic rings. The molecule has 0 aliphatic carbocycles. The Balaban J connectivity index is 0.000000501. The van der Waals surface area contributed by atoms with Gasteiger partial charge in [0.2, 0.25) is 5.75 Å². The van der Waals surface area contributed by atoms with Gasteiger partial charge in [-0.25, -0.2) is 0 Å². The monoisotopic (exact) mass is 499 g/mol. The number of hydrogen-bond acceptors (Lipinski definition) is 10. The summed E-state index contributed by atoms with van der Waals surface area (Å²) in [4.78, 5) is 9.65. The fraction of sp³-hybridized carbons (Fsp3) is 0.533. The van der Waals surface area contributed by atoms with Crippen molar-refractivity contribution >= 4 is 28.3 Å². The Morgan fingerprint density at radius 1 is 1.26 bits per heavy atom. The molecular formula is C15H22IN3O8. The van der Waals surface area contributed by atoms with Crippen LogP contribution in [0.25, 0.3) is 0 Å². The number of benzene rings is 1. The first-order valence-electron chi connectivity index (χ1n) is 7.71. The maximum atomic E-state index is 10.4. The van der Waals surface area contributed by atoms with E-state index in [1.54, 1.807) is 28.7 Å². The fourth-order valence-electron chi connectivity index (χ4n) is 1.76. The van der Waals surface area contributed by atoms with Crippen LogP contribution in [0.15, 0.2) is 12.1 Å². The van der Waals surface area contributed by atoms with Gasteiger partial charge in [0.15, 0.2) is 0 Å². The number of rotatable bonds is 8. The van der Waals surface area contributed by atoms with Crippen LogP contribution in [-0.4, -0.2) is 79.7 Å². The van der Waals surface area contributed by atoms with Crippen LogP contribution in [0, 0.1) is 25.0 Å². The van der Waals surface area contributed by atoms with Crippen molar-refractivity contribution in [1.29, 1.82) is 5.26 Å². The van der Waals surface area contributed by atoms with Crippen molar-refractivity contribution in [1.82, 2.24) is 5.32 Å². The number of nitrogens with zero attached hydrogens (tertiary/aromatic N) is 2. The summed E-state index contributed by atoms with van der Waals surface area (Å²) in [6, 6.07) is 4.19. The van der Waals surface area contributed by atoms with Crippen LogP contribution in [0.4, 0.5) is 5.69 Å². The standard InChI is InChI=1S/C8H19NO5.C7H3IN2O3/c1-2-9-3-5(11)7(13)8(14)6(12)4-10;8-5-1-4(3-9)2-6(7(5)11)10(12)13/h5-14H,2-4H2,1H3;1-2,11H/t5-,6+,7+,8+;/m0./s1. The molecule has 0 fully saturated rings. The van der Waals surface area contributed by atoms with Crippen LogP contribution in [0.5, 0.6) is 5.75 Å². The highest BCUT2D eigenvalue weighted by Crippen LogP contribution is 2.31. The van der Waals surface area contributed by atoms with E-state index in [-0.39, 0.29) is 12.1 Å². The number of hydrogen-bond donors (Lipinski definition) is 7. The second-order valence-corrected chi connectivity index (χ2v) is 6.46. The number of nitriles is 1. The van der Waals surface area contributed by atoms with E-state index in [0.717, 1.165) is 6.07 Å². The van der Waals surface area contributed by atoms with Crippen molar-refractivity contribution in [2.45, 2.75) is 31.3 Å². The van der Waals surface area contributed by atoms with Gasteiger partial charge < -0.3 is 36.0 Å². The fourth-order valence-corrected chi connectivity index (χ4v) is 2.38. The van der Waals surface area contributed by atoms with Gasteiger partial charge in [-0.2, -0.15) is 5.26 Å². The molecule has 0 saturated heterocycles. The summed E-state index contributed by atoms with van der Waals surface area (Å²) in [6.45, 7) is 1.92. The number of aliphatic hydroxyl groups excluding tert-OH is 5. The van der Waals surface area contributed by atoms with Gasteiger partial charge in [-0.1, -0.05) is 6.92 Å². The predicted octanol–water partition coefficient (Wildman–Crippen LogP) is -1.19. The zero-order valence-corrected chi connectivity index (χ0v) is 16.5. The summed E-state index contributed by atoms with van der Waals surface area (Å²) < 4.78 is 0.295. The van der Waals surface area contributed by atoms with Gasteiger partial charge in [0.25, 0.3) is 0 Å². The number of nitrogens with one attached hydrogen (secondary N) is 1. The molecule has 12 heteroatoms. The van der Waals surface area contributed by atoms with Crippen molar-refractivity contribution in [3.05, 3.63) is 31.4 Å². The molecule has 4 atom stereocenters. The molecule has 0 unspecified atom stereocenters. The number of phenols is 1. The van der Waals surface area contributed by atoms with E-state index < -0.39 is 47.4 Å². The van der Waals surface area contributed by atoms with E-state index in [1.807, 2.05) is 6.92 Å². The first-order valence-corrected chi connectivity index (χ1v) is 8.79. The molecule has 0 spiro atoms. The van der Waals surface area contributed by atoms with Crippen molar-refractivity contribution in [3.8, 4) is 11.8 Å². The number of aromatic hydroxyl groups is 1. The average molecular weight is 499 g/mol. The van der Waals surface area contributed by atoms with Crippen LogP contribution in [0.2, 0.25) is 0 Å². The molecule has 1 aromatic carbocycles. The molecule has 0 bridgehead atoms. The second kappa shape index (κ2) is 12.7. The normalized spacial score (nSPS) is 14.9. The zero-order valence-electron chi connectivity index (χ0n) is 14.4. The van der Waals surface area contributed by atoms with Gasteiger partial charge in [-0.3, -0.25) is 10.1 Å².